The molecule has 0 unspecified atom stereocenters. The van der Waals surface area contributed by atoms with Crippen molar-refractivity contribution in [2.75, 3.05) is 6.61 Å². The molecule has 3 aromatic rings. The Balaban J connectivity index is 2.09. The van der Waals surface area contributed by atoms with Gasteiger partial charge in [-0.05, 0) is 57.2 Å². The summed E-state index contributed by atoms with van der Waals surface area (Å²) < 4.78 is 13.1. The van der Waals surface area contributed by atoms with E-state index in [1.54, 1.807) is 48.0 Å². The van der Waals surface area contributed by atoms with Crippen molar-refractivity contribution in [3.05, 3.63) is 62.7 Å². The summed E-state index contributed by atoms with van der Waals surface area (Å²) in [5.74, 6) is 0.100. The number of benzene rings is 2. The van der Waals surface area contributed by atoms with Crippen molar-refractivity contribution in [3.63, 3.8) is 0 Å². The maximum absolute atomic E-state index is 12.7. The molecule has 0 amide bonds. The first kappa shape index (κ1) is 20.1. The Morgan fingerprint density at radius 2 is 1.83 bits per heavy atom. The molecule has 0 radical (unpaired) electrons. The largest absolute Gasteiger partial charge is 0.482 e. The number of ether oxygens (including phenoxy) is 2. The van der Waals surface area contributed by atoms with Gasteiger partial charge in [-0.25, -0.2) is 9.48 Å². The van der Waals surface area contributed by atoms with Crippen LogP contribution in [-0.2, 0) is 10.3 Å². The van der Waals surface area contributed by atoms with Gasteiger partial charge in [-0.3, -0.25) is 0 Å². The molecule has 0 fully saturated rings. The summed E-state index contributed by atoms with van der Waals surface area (Å²) in [5, 5.41) is 6.01. The number of hydrogen-bond acceptors (Lipinski definition) is 4. The average Bonchev–Trinajstić information content (AvgIpc) is 3.04. The summed E-state index contributed by atoms with van der Waals surface area (Å²) in [5.41, 5.74) is 1.90. The molecule has 1 aromatic heterocycles. The first-order valence-corrected chi connectivity index (χ1v) is 10.1. The molecule has 0 atom stereocenters. The van der Waals surface area contributed by atoms with Crippen LogP contribution in [0.5, 0.6) is 5.75 Å². The van der Waals surface area contributed by atoms with Crippen LogP contribution in [0, 0.1) is 0 Å². The zero-order valence-electron chi connectivity index (χ0n) is 15.9. The summed E-state index contributed by atoms with van der Waals surface area (Å²) in [6, 6.07) is 10.4. The predicted molar refractivity (Wildman–Crippen MR) is 114 cm³/mol. The van der Waals surface area contributed by atoms with E-state index in [4.69, 9.17) is 44.3 Å². The standard InChI is InChI=1S/C21H17Cl3N2O3/c1-4-28-20(27)18-17-19(26(25-18)15-7-5-12(23)10-14(15)24)13-9-11(22)6-8-16(13)29-21(17,2)3/h5-10H,4H2,1-3H3. The predicted octanol–water partition coefficient (Wildman–Crippen LogP) is 6.30. The average molecular weight is 452 g/mol. The number of esters is 1. The summed E-state index contributed by atoms with van der Waals surface area (Å²) >= 11 is 18.8. The van der Waals surface area contributed by atoms with E-state index in [1.807, 2.05) is 13.8 Å². The van der Waals surface area contributed by atoms with E-state index in [1.165, 1.54) is 0 Å². The molecular weight excluding hydrogens is 435 g/mol. The zero-order chi connectivity index (χ0) is 20.9. The highest BCUT2D eigenvalue weighted by molar-refractivity contribution is 6.35. The van der Waals surface area contributed by atoms with Crippen LogP contribution in [0.15, 0.2) is 36.4 Å². The first-order chi connectivity index (χ1) is 13.7. The van der Waals surface area contributed by atoms with Crippen molar-refractivity contribution in [2.24, 2.45) is 0 Å². The van der Waals surface area contributed by atoms with E-state index >= 15 is 0 Å². The summed E-state index contributed by atoms with van der Waals surface area (Å²) in [6.45, 7) is 5.73. The second-order valence-corrected chi connectivity index (χ2v) is 8.33. The van der Waals surface area contributed by atoms with E-state index in [9.17, 15) is 4.79 Å². The molecule has 0 saturated carbocycles. The van der Waals surface area contributed by atoms with Crippen LogP contribution in [0.25, 0.3) is 16.9 Å². The van der Waals surface area contributed by atoms with Gasteiger partial charge in [0.2, 0.25) is 0 Å². The quantitative estimate of drug-likeness (QED) is 0.438. The third kappa shape index (κ3) is 3.37. The number of rotatable bonds is 3. The van der Waals surface area contributed by atoms with Gasteiger partial charge in [0.15, 0.2) is 5.69 Å². The third-order valence-corrected chi connectivity index (χ3v) is 5.43. The minimum Gasteiger partial charge on any atom is -0.482 e. The number of aromatic nitrogens is 2. The summed E-state index contributed by atoms with van der Waals surface area (Å²) in [4.78, 5) is 12.7. The molecule has 0 bridgehead atoms. The van der Waals surface area contributed by atoms with E-state index in [2.05, 4.69) is 5.10 Å². The van der Waals surface area contributed by atoms with Gasteiger partial charge in [0.25, 0.3) is 0 Å². The van der Waals surface area contributed by atoms with Gasteiger partial charge in [-0.1, -0.05) is 34.8 Å². The van der Waals surface area contributed by atoms with Crippen LogP contribution in [-0.4, -0.2) is 22.4 Å². The maximum atomic E-state index is 12.7. The molecule has 5 nitrogen and oxygen atoms in total. The number of carbonyl (C=O) groups excluding carboxylic acids is 1. The van der Waals surface area contributed by atoms with Gasteiger partial charge >= 0.3 is 5.97 Å². The van der Waals surface area contributed by atoms with Crippen LogP contribution >= 0.6 is 34.8 Å². The van der Waals surface area contributed by atoms with E-state index in [0.717, 1.165) is 0 Å². The highest BCUT2D eigenvalue weighted by atomic mass is 35.5. The molecule has 1 aliphatic heterocycles. The van der Waals surface area contributed by atoms with Crippen molar-refractivity contribution in [1.29, 1.82) is 0 Å². The van der Waals surface area contributed by atoms with E-state index in [0.29, 0.717) is 43.3 Å². The number of nitrogens with zero attached hydrogens (tertiary/aromatic N) is 2. The van der Waals surface area contributed by atoms with Crippen molar-refractivity contribution in [3.8, 4) is 22.7 Å². The number of hydrogen-bond donors (Lipinski definition) is 0. The normalized spacial score (nSPS) is 14.0. The monoisotopic (exact) mass is 450 g/mol. The van der Waals surface area contributed by atoms with Gasteiger partial charge in [-0.15, -0.1) is 0 Å². The van der Waals surface area contributed by atoms with Gasteiger partial charge < -0.3 is 9.47 Å². The van der Waals surface area contributed by atoms with Crippen LogP contribution in [0.1, 0.15) is 36.8 Å². The molecule has 0 spiro atoms. The fraction of sp³-hybridized carbons (Fsp3) is 0.238. The van der Waals surface area contributed by atoms with E-state index in [-0.39, 0.29) is 12.3 Å². The van der Waals surface area contributed by atoms with Crippen LogP contribution < -0.4 is 4.74 Å². The molecule has 0 saturated heterocycles. The summed E-state index contributed by atoms with van der Waals surface area (Å²) in [6.07, 6.45) is 0. The molecule has 8 heteroatoms. The molecule has 4 rings (SSSR count). The summed E-state index contributed by atoms with van der Waals surface area (Å²) in [7, 11) is 0. The molecular formula is C21H17Cl3N2O3. The lowest BCUT2D eigenvalue weighted by molar-refractivity contribution is 0.0500. The minimum absolute atomic E-state index is 0.170. The Morgan fingerprint density at radius 1 is 1.14 bits per heavy atom. The Labute approximate surface area is 183 Å². The third-order valence-electron chi connectivity index (χ3n) is 4.66. The van der Waals surface area contributed by atoms with Crippen molar-refractivity contribution in [1.82, 2.24) is 9.78 Å². The second kappa shape index (κ2) is 7.24. The number of carbonyl (C=O) groups is 1. The smallest absolute Gasteiger partial charge is 0.359 e. The molecule has 0 N–H and O–H groups in total. The van der Waals surface area contributed by atoms with Crippen molar-refractivity contribution >= 4 is 40.8 Å². The Morgan fingerprint density at radius 3 is 2.52 bits per heavy atom. The van der Waals surface area contributed by atoms with Gasteiger partial charge in [0.05, 0.1) is 28.6 Å². The number of halogens is 3. The molecule has 150 valence electrons. The lowest BCUT2D eigenvalue weighted by atomic mass is 9.89. The van der Waals surface area contributed by atoms with Gasteiger partial charge in [0.1, 0.15) is 11.4 Å². The van der Waals surface area contributed by atoms with Crippen LogP contribution in [0.3, 0.4) is 0 Å². The second-order valence-electron chi connectivity index (χ2n) is 7.05. The molecule has 1 aliphatic rings. The minimum atomic E-state index is -0.838. The highest BCUT2D eigenvalue weighted by Gasteiger charge is 2.42. The van der Waals surface area contributed by atoms with Gasteiger partial charge in [-0.2, -0.15) is 5.10 Å². The molecule has 2 aromatic carbocycles. The molecule has 0 aliphatic carbocycles. The molecule has 29 heavy (non-hydrogen) atoms. The SMILES string of the molecule is CCOC(=O)c1nn(-c2ccc(Cl)cc2Cl)c2c1C(C)(C)Oc1ccc(Cl)cc1-2. The lowest BCUT2D eigenvalue weighted by Crippen LogP contribution is -2.31. The fourth-order valence-electron chi connectivity index (χ4n) is 3.51. The molecule has 2 heterocycles. The Hall–Kier alpha value is -2.21. The maximum Gasteiger partial charge on any atom is 0.359 e. The van der Waals surface area contributed by atoms with Crippen LogP contribution in [0.2, 0.25) is 15.1 Å². The van der Waals surface area contributed by atoms with Crippen molar-refractivity contribution < 1.29 is 14.3 Å². The first-order valence-electron chi connectivity index (χ1n) is 8.98. The lowest BCUT2D eigenvalue weighted by Gasteiger charge is -2.33. The topological polar surface area (TPSA) is 53.3 Å². The number of fused-ring (bicyclic) bond motifs is 3. The van der Waals surface area contributed by atoms with E-state index < -0.39 is 11.6 Å². The van der Waals surface area contributed by atoms with Crippen molar-refractivity contribution in [2.45, 2.75) is 26.4 Å². The Kier molecular flexibility index (Phi) is 5.01. The highest BCUT2D eigenvalue weighted by Crippen LogP contribution is 2.48. The Bertz CT molecular complexity index is 1140. The zero-order valence-corrected chi connectivity index (χ0v) is 18.2. The van der Waals surface area contributed by atoms with Gasteiger partial charge in [0, 0.05) is 15.6 Å². The fourth-order valence-corrected chi connectivity index (χ4v) is 4.17. The van der Waals surface area contributed by atoms with Crippen LogP contribution in [0.4, 0.5) is 0 Å².